The van der Waals surface area contributed by atoms with Gasteiger partial charge in [0.2, 0.25) is 5.88 Å². The van der Waals surface area contributed by atoms with Crippen LogP contribution in [0.3, 0.4) is 0 Å². The lowest BCUT2D eigenvalue weighted by atomic mass is 10.3. The maximum atomic E-state index is 5.99. The second-order valence-electron chi connectivity index (χ2n) is 4.08. The summed E-state index contributed by atoms with van der Waals surface area (Å²) >= 11 is 3.39. The van der Waals surface area contributed by atoms with E-state index in [0.717, 1.165) is 28.9 Å². The van der Waals surface area contributed by atoms with Gasteiger partial charge in [-0.2, -0.15) is 5.10 Å². The fourth-order valence-electron chi connectivity index (χ4n) is 1.66. The Bertz CT molecular complexity index is 534. The zero-order chi connectivity index (χ0) is 13.1. The maximum absolute atomic E-state index is 5.99. The van der Waals surface area contributed by atoms with Gasteiger partial charge in [-0.15, -0.1) is 0 Å². The number of ether oxygens (including phenoxy) is 1. The topological polar surface area (TPSA) is 53.1 Å². The molecule has 0 bridgehead atoms. The highest BCUT2D eigenvalue weighted by atomic mass is 79.9. The lowest BCUT2D eigenvalue weighted by molar-refractivity contribution is 0.410. The van der Waals surface area contributed by atoms with Crippen LogP contribution in [-0.2, 0) is 6.54 Å². The van der Waals surface area contributed by atoms with Crippen molar-refractivity contribution >= 4 is 21.6 Å². The van der Waals surface area contributed by atoms with Gasteiger partial charge in [0.1, 0.15) is 11.4 Å². The molecule has 0 saturated carbocycles. The zero-order valence-corrected chi connectivity index (χ0v) is 12.1. The number of nitrogen functional groups attached to an aromatic ring is 1. The number of nitrogens with two attached hydrogens (primary N) is 1. The molecule has 18 heavy (non-hydrogen) atoms. The fraction of sp³-hybridized carbons (Fsp3) is 0.308. The van der Waals surface area contributed by atoms with Gasteiger partial charge >= 0.3 is 0 Å². The highest BCUT2D eigenvalue weighted by molar-refractivity contribution is 9.10. The molecule has 0 aliphatic heterocycles. The minimum Gasteiger partial charge on any atom is -0.437 e. The number of aryl methyl sites for hydroxylation is 2. The smallest absolute Gasteiger partial charge is 0.241 e. The van der Waals surface area contributed by atoms with Crippen LogP contribution in [0.1, 0.15) is 19.0 Å². The van der Waals surface area contributed by atoms with Crippen LogP contribution in [0.25, 0.3) is 0 Å². The second-order valence-corrected chi connectivity index (χ2v) is 5.00. The van der Waals surface area contributed by atoms with E-state index in [-0.39, 0.29) is 0 Å². The Morgan fingerprint density at radius 3 is 2.61 bits per heavy atom. The lowest BCUT2D eigenvalue weighted by Crippen LogP contribution is -2.02. The predicted molar refractivity (Wildman–Crippen MR) is 75.9 cm³/mol. The van der Waals surface area contributed by atoms with Crippen LogP contribution in [0.4, 0.5) is 5.69 Å². The Hall–Kier alpha value is -1.49. The van der Waals surface area contributed by atoms with Crippen molar-refractivity contribution in [2.24, 2.45) is 0 Å². The molecule has 0 radical (unpaired) electrons. The van der Waals surface area contributed by atoms with Crippen molar-refractivity contribution in [2.45, 2.75) is 26.8 Å². The molecule has 1 aromatic carbocycles. The van der Waals surface area contributed by atoms with Crippen molar-refractivity contribution in [3.63, 3.8) is 0 Å². The Morgan fingerprint density at radius 1 is 1.33 bits per heavy atom. The summed E-state index contributed by atoms with van der Waals surface area (Å²) in [6.07, 6.45) is 0.983. The molecular weight excluding hydrogens is 294 g/mol. The van der Waals surface area contributed by atoms with Gasteiger partial charge in [0.25, 0.3) is 0 Å². The SMILES string of the molecule is CCCn1nc(C)c(N)c1Oc1ccc(Br)cc1. The molecule has 0 unspecified atom stereocenters. The summed E-state index contributed by atoms with van der Waals surface area (Å²) in [6.45, 7) is 4.77. The van der Waals surface area contributed by atoms with Gasteiger partial charge in [-0.05, 0) is 37.6 Å². The van der Waals surface area contributed by atoms with Crippen molar-refractivity contribution < 1.29 is 4.74 Å². The minimum absolute atomic E-state index is 0.603. The third-order valence-electron chi connectivity index (χ3n) is 2.59. The molecule has 2 aromatic rings. The standard InChI is InChI=1S/C13H16BrN3O/c1-3-8-17-13(12(15)9(2)16-17)18-11-6-4-10(14)5-7-11/h4-7H,3,8,15H2,1-2H3. The van der Waals surface area contributed by atoms with E-state index in [1.165, 1.54) is 0 Å². The van der Waals surface area contributed by atoms with Crippen LogP contribution in [0.2, 0.25) is 0 Å². The lowest BCUT2D eigenvalue weighted by Gasteiger charge is -2.09. The summed E-state index contributed by atoms with van der Waals surface area (Å²) in [5.41, 5.74) is 7.40. The quantitative estimate of drug-likeness (QED) is 0.936. The van der Waals surface area contributed by atoms with E-state index in [9.17, 15) is 0 Å². The Balaban J connectivity index is 2.30. The van der Waals surface area contributed by atoms with Crippen molar-refractivity contribution in [3.8, 4) is 11.6 Å². The molecule has 2 rings (SSSR count). The van der Waals surface area contributed by atoms with Crippen molar-refractivity contribution in [1.29, 1.82) is 0 Å². The molecule has 4 nitrogen and oxygen atoms in total. The van der Waals surface area contributed by atoms with E-state index in [4.69, 9.17) is 10.5 Å². The van der Waals surface area contributed by atoms with Gasteiger partial charge in [-0.25, -0.2) is 4.68 Å². The average Bonchev–Trinajstić information content (AvgIpc) is 2.60. The fourth-order valence-corrected chi connectivity index (χ4v) is 1.92. The van der Waals surface area contributed by atoms with E-state index >= 15 is 0 Å². The largest absolute Gasteiger partial charge is 0.437 e. The predicted octanol–water partition coefficient (Wildman–Crippen LogP) is 3.74. The van der Waals surface area contributed by atoms with Crippen LogP contribution in [-0.4, -0.2) is 9.78 Å². The van der Waals surface area contributed by atoms with Crippen molar-refractivity contribution in [2.75, 3.05) is 5.73 Å². The van der Waals surface area contributed by atoms with Gasteiger partial charge in [0, 0.05) is 11.0 Å². The molecule has 0 saturated heterocycles. The third kappa shape index (κ3) is 2.67. The molecule has 0 aliphatic rings. The molecule has 96 valence electrons. The molecule has 0 atom stereocenters. The summed E-state index contributed by atoms with van der Waals surface area (Å²) in [4.78, 5) is 0. The first-order valence-corrected chi connectivity index (χ1v) is 6.67. The molecule has 2 N–H and O–H groups in total. The molecule has 0 fully saturated rings. The van der Waals surface area contributed by atoms with Gasteiger partial charge in [0.15, 0.2) is 0 Å². The summed E-state index contributed by atoms with van der Waals surface area (Å²) in [7, 11) is 0. The number of nitrogens with zero attached hydrogens (tertiary/aromatic N) is 2. The number of anilines is 1. The first kappa shape index (κ1) is 13.0. The molecule has 1 aromatic heterocycles. The molecule has 5 heteroatoms. The van der Waals surface area contributed by atoms with E-state index in [2.05, 4.69) is 28.0 Å². The average molecular weight is 310 g/mol. The molecule has 0 aliphatic carbocycles. The van der Waals surface area contributed by atoms with E-state index in [1.807, 2.05) is 35.9 Å². The number of aromatic nitrogens is 2. The Morgan fingerprint density at radius 2 is 2.00 bits per heavy atom. The third-order valence-corrected chi connectivity index (χ3v) is 3.12. The summed E-state index contributed by atoms with van der Waals surface area (Å²) in [6, 6.07) is 7.64. The first-order valence-electron chi connectivity index (χ1n) is 5.88. The monoisotopic (exact) mass is 309 g/mol. The van der Waals surface area contributed by atoms with Gasteiger partial charge in [0.05, 0.1) is 5.69 Å². The molecular formula is C13H16BrN3O. The molecule has 1 heterocycles. The van der Waals surface area contributed by atoms with Crippen molar-refractivity contribution in [1.82, 2.24) is 9.78 Å². The normalized spacial score (nSPS) is 10.6. The maximum Gasteiger partial charge on any atom is 0.241 e. The number of benzene rings is 1. The highest BCUT2D eigenvalue weighted by Crippen LogP contribution is 2.30. The van der Waals surface area contributed by atoms with E-state index in [1.54, 1.807) is 0 Å². The number of rotatable bonds is 4. The zero-order valence-electron chi connectivity index (χ0n) is 10.5. The number of hydrogen-bond donors (Lipinski definition) is 1. The molecule has 0 amide bonds. The van der Waals surface area contributed by atoms with E-state index in [0.29, 0.717) is 11.6 Å². The van der Waals surface area contributed by atoms with Crippen LogP contribution < -0.4 is 10.5 Å². The number of halogens is 1. The summed E-state index contributed by atoms with van der Waals surface area (Å²) in [5, 5.41) is 4.37. The Kier molecular flexibility index (Phi) is 3.91. The Labute approximate surface area is 115 Å². The van der Waals surface area contributed by atoms with Crippen LogP contribution in [0.15, 0.2) is 28.7 Å². The van der Waals surface area contributed by atoms with Crippen LogP contribution >= 0.6 is 15.9 Å². The van der Waals surface area contributed by atoms with Gasteiger partial charge in [-0.1, -0.05) is 22.9 Å². The van der Waals surface area contributed by atoms with Gasteiger partial charge in [-0.3, -0.25) is 0 Å². The summed E-state index contributed by atoms with van der Waals surface area (Å²) < 4.78 is 8.65. The summed E-state index contributed by atoms with van der Waals surface area (Å²) in [5.74, 6) is 1.37. The molecule has 0 spiro atoms. The minimum atomic E-state index is 0.603. The first-order chi connectivity index (χ1) is 8.61. The van der Waals surface area contributed by atoms with E-state index < -0.39 is 0 Å². The van der Waals surface area contributed by atoms with Crippen molar-refractivity contribution in [3.05, 3.63) is 34.4 Å². The van der Waals surface area contributed by atoms with Gasteiger partial charge < -0.3 is 10.5 Å². The number of hydrogen-bond acceptors (Lipinski definition) is 3. The second kappa shape index (κ2) is 5.44. The highest BCUT2D eigenvalue weighted by Gasteiger charge is 2.14. The van der Waals surface area contributed by atoms with Crippen LogP contribution in [0, 0.1) is 6.92 Å². The van der Waals surface area contributed by atoms with Crippen LogP contribution in [0.5, 0.6) is 11.6 Å².